The Balaban J connectivity index is 1.60. The van der Waals surface area contributed by atoms with Crippen molar-refractivity contribution >= 4 is 16.8 Å². The lowest BCUT2D eigenvalue weighted by Crippen LogP contribution is -2.29. The molecule has 3 aromatic rings. The van der Waals surface area contributed by atoms with Crippen LogP contribution in [0.4, 0.5) is 8.78 Å². The first-order chi connectivity index (χ1) is 13.0. The summed E-state index contributed by atoms with van der Waals surface area (Å²) >= 11 is 0. The van der Waals surface area contributed by atoms with Crippen molar-refractivity contribution in [2.75, 3.05) is 0 Å². The minimum Gasteiger partial charge on any atom is -0.434 e. The summed E-state index contributed by atoms with van der Waals surface area (Å²) in [7, 11) is 0. The van der Waals surface area contributed by atoms with E-state index in [9.17, 15) is 18.4 Å². The van der Waals surface area contributed by atoms with Gasteiger partial charge in [-0.1, -0.05) is 35.5 Å². The fraction of sp³-hybridized carbons (Fsp3) is 0.222. The molecule has 0 aliphatic carbocycles. The van der Waals surface area contributed by atoms with Crippen LogP contribution in [0.15, 0.2) is 53.3 Å². The second-order valence-corrected chi connectivity index (χ2v) is 5.65. The minimum absolute atomic E-state index is 0.00409. The number of amides is 1. The van der Waals surface area contributed by atoms with Crippen LogP contribution in [0.25, 0.3) is 10.9 Å². The van der Waals surface area contributed by atoms with E-state index in [0.717, 1.165) is 4.68 Å². The summed E-state index contributed by atoms with van der Waals surface area (Å²) in [6.45, 7) is -2.86. The Morgan fingerprint density at radius 1 is 1.15 bits per heavy atom. The molecule has 27 heavy (non-hydrogen) atoms. The van der Waals surface area contributed by atoms with Gasteiger partial charge in [0.05, 0.1) is 11.9 Å². The highest BCUT2D eigenvalue weighted by molar-refractivity contribution is 5.77. The number of hydrogen-bond donors (Lipinski definition) is 1. The van der Waals surface area contributed by atoms with Gasteiger partial charge in [0.25, 0.3) is 5.56 Å². The predicted molar refractivity (Wildman–Crippen MR) is 93.3 cm³/mol. The Morgan fingerprint density at radius 3 is 2.70 bits per heavy atom. The van der Waals surface area contributed by atoms with Gasteiger partial charge in [-0.15, -0.1) is 5.10 Å². The predicted octanol–water partition coefficient (Wildman–Crippen LogP) is 2.10. The first-order valence-electron chi connectivity index (χ1n) is 8.16. The van der Waals surface area contributed by atoms with Gasteiger partial charge < -0.3 is 10.1 Å². The van der Waals surface area contributed by atoms with Gasteiger partial charge in [0.15, 0.2) is 0 Å². The number of hydrogen-bond acceptors (Lipinski definition) is 5. The molecule has 1 amide bonds. The molecule has 9 heteroatoms. The van der Waals surface area contributed by atoms with Crippen LogP contribution in [0.3, 0.4) is 0 Å². The van der Waals surface area contributed by atoms with E-state index in [0.29, 0.717) is 16.5 Å². The number of benzene rings is 2. The van der Waals surface area contributed by atoms with Gasteiger partial charge in [0.2, 0.25) is 5.91 Å². The lowest BCUT2D eigenvalue weighted by Gasteiger charge is -2.11. The second kappa shape index (κ2) is 8.35. The zero-order valence-electron chi connectivity index (χ0n) is 14.1. The lowest BCUT2D eigenvalue weighted by molar-refractivity contribution is -0.121. The summed E-state index contributed by atoms with van der Waals surface area (Å²) in [5, 5.41) is 10.8. The number of aryl methyl sites for hydroxylation is 1. The molecule has 0 spiro atoms. The summed E-state index contributed by atoms with van der Waals surface area (Å²) in [5.41, 5.74) is 0.580. The molecular weight excluding hydrogens is 358 g/mol. The number of aromatic nitrogens is 3. The van der Waals surface area contributed by atoms with E-state index >= 15 is 0 Å². The highest BCUT2D eigenvalue weighted by Gasteiger charge is 2.11. The summed E-state index contributed by atoms with van der Waals surface area (Å²) in [6.07, 6.45) is -0.00913. The number of fused-ring (bicyclic) bond motifs is 1. The molecule has 7 nitrogen and oxygen atoms in total. The maximum atomic E-state index is 12.4. The van der Waals surface area contributed by atoms with E-state index in [1.54, 1.807) is 42.5 Å². The number of carbonyl (C=O) groups excluding carboxylic acids is 1. The molecule has 0 bridgehead atoms. The van der Waals surface area contributed by atoms with E-state index in [1.165, 1.54) is 6.07 Å². The lowest BCUT2D eigenvalue weighted by atomic mass is 10.2. The Morgan fingerprint density at radius 2 is 1.89 bits per heavy atom. The van der Waals surface area contributed by atoms with Gasteiger partial charge in [-0.3, -0.25) is 9.59 Å². The first-order valence-corrected chi connectivity index (χ1v) is 8.16. The molecular formula is C18H16F2N4O3. The first kappa shape index (κ1) is 18.4. The molecule has 0 aliphatic rings. The Labute approximate surface area is 152 Å². The smallest absolute Gasteiger partial charge is 0.387 e. The normalized spacial score (nSPS) is 10.9. The average molecular weight is 374 g/mol. The zero-order valence-corrected chi connectivity index (χ0v) is 14.1. The number of alkyl halides is 2. The number of carbonyl (C=O) groups is 1. The molecule has 0 atom stereocenters. The molecule has 140 valence electrons. The number of rotatable bonds is 7. The molecule has 1 heterocycles. The van der Waals surface area contributed by atoms with Crippen molar-refractivity contribution in [3.05, 3.63) is 64.4 Å². The quantitative estimate of drug-likeness (QED) is 0.685. The SMILES string of the molecule is O=C(CCn1nnc2ccccc2c1=O)NCc1ccccc1OC(F)F. The molecule has 2 aromatic carbocycles. The van der Waals surface area contributed by atoms with Crippen LogP contribution in [0.2, 0.25) is 0 Å². The standard InChI is InChI=1S/C18H16F2N4O3/c19-18(20)27-15-8-4-1-5-12(15)11-21-16(25)9-10-24-17(26)13-6-2-3-7-14(13)22-23-24/h1-8,18H,9-11H2,(H,21,25). The molecule has 0 fully saturated rings. The monoisotopic (exact) mass is 374 g/mol. The van der Waals surface area contributed by atoms with Crippen LogP contribution < -0.4 is 15.6 Å². The van der Waals surface area contributed by atoms with Crippen LogP contribution in [-0.4, -0.2) is 27.5 Å². The zero-order chi connectivity index (χ0) is 19.2. The van der Waals surface area contributed by atoms with Crippen molar-refractivity contribution in [3.8, 4) is 5.75 Å². The molecule has 0 radical (unpaired) electrons. The van der Waals surface area contributed by atoms with Crippen LogP contribution in [0.5, 0.6) is 5.75 Å². The minimum atomic E-state index is -2.94. The Hall–Kier alpha value is -3.36. The van der Waals surface area contributed by atoms with E-state index in [1.807, 2.05) is 0 Å². The van der Waals surface area contributed by atoms with Crippen molar-refractivity contribution in [2.45, 2.75) is 26.1 Å². The highest BCUT2D eigenvalue weighted by atomic mass is 19.3. The average Bonchev–Trinajstić information content (AvgIpc) is 2.66. The molecule has 3 rings (SSSR count). The molecule has 0 saturated carbocycles. The topological polar surface area (TPSA) is 86.1 Å². The summed E-state index contributed by atoms with van der Waals surface area (Å²) in [6, 6.07) is 13.0. The van der Waals surface area contributed by atoms with E-state index in [-0.39, 0.29) is 36.7 Å². The Bertz CT molecular complexity index is 1010. The van der Waals surface area contributed by atoms with Crippen molar-refractivity contribution in [1.29, 1.82) is 0 Å². The number of para-hydroxylation sites is 1. The Kier molecular flexibility index (Phi) is 5.70. The van der Waals surface area contributed by atoms with Crippen LogP contribution >= 0.6 is 0 Å². The summed E-state index contributed by atoms with van der Waals surface area (Å²) in [5.74, 6) is -0.354. The maximum Gasteiger partial charge on any atom is 0.387 e. The fourth-order valence-corrected chi connectivity index (χ4v) is 2.52. The van der Waals surface area contributed by atoms with E-state index in [2.05, 4.69) is 20.4 Å². The molecule has 0 aliphatic heterocycles. The van der Waals surface area contributed by atoms with Crippen LogP contribution in [-0.2, 0) is 17.9 Å². The number of nitrogens with zero attached hydrogens (tertiary/aromatic N) is 3. The third-order valence-corrected chi connectivity index (χ3v) is 3.84. The summed E-state index contributed by atoms with van der Waals surface area (Å²) < 4.78 is 30.3. The number of ether oxygens (including phenoxy) is 1. The maximum absolute atomic E-state index is 12.4. The van der Waals surface area contributed by atoms with Crippen molar-refractivity contribution in [3.63, 3.8) is 0 Å². The van der Waals surface area contributed by atoms with Crippen molar-refractivity contribution < 1.29 is 18.3 Å². The van der Waals surface area contributed by atoms with Gasteiger partial charge in [-0.25, -0.2) is 4.68 Å². The second-order valence-electron chi connectivity index (χ2n) is 5.65. The third kappa shape index (κ3) is 4.63. The van der Waals surface area contributed by atoms with Crippen molar-refractivity contribution in [1.82, 2.24) is 20.3 Å². The van der Waals surface area contributed by atoms with Gasteiger partial charge in [-0.05, 0) is 18.2 Å². The molecule has 0 unspecified atom stereocenters. The largest absolute Gasteiger partial charge is 0.434 e. The van der Waals surface area contributed by atoms with Gasteiger partial charge in [0, 0.05) is 18.5 Å². The molecule has 1 N–H and O–H groups in total. The van der Waals surface area contributed by atoms with Gasteiger partial charge in [-0.2, -0.15) is 8.78 Å². The van der Waals surface area contributed by atoms with Gasteiger partial charge in [0.1, 0.15) is 11.3 Å². The number of halogens is 2. The van der Waals surface area contributed by atoms with Gasteiger partial charge >= 0.3 is 6.61 Å². The van der Waals surface area contributed by atoms with Crippen molar-refractivity contribution in [2.24, 2.45) is 0 Å². The summed E-state index contributed by atoms with van der Waals surface area (Å²) in [4.78, 5) is 24.3. The third-order valence-electron chi connectivity index (χ3n) is 3.84. The fourth-order valence-electron chi connectivity index (χ4n) is 2.52. The van der Waals surface area contributed by atoms with Crippen LogP contribution in [0.1, 0.15) is 12.0 Å². The molecule has 1 aromatic heterocycles. The number of nitrogens with one attached hydrogen (secondary N) is 1. The molecule has 0 saturated heterocycles. The van der Waals surface area contributed by atoms with Crippen LogP contribution in [0, 0.1) is 0 Å². The highest BCUT2D eigenvalue weighted by Crippen LogP contribution is 2.19. The van der Waals surface area contributed by atoms with E-state index < -0.39 is 6.61 Å². The van der Waals surface area contributed by atoms with E-state index in [4.69, 9.17) is 0 Å².